The second-order valence-corrected chi connectivity index (χ2v) is 4.98. The number of nitrogens with one attached hydrogen (secondary N) is 2. The minimum atomic E-state index is 0.0959. The van der Waals surface area contributed by atoms with Crippen LogP contribution in [0.1, 0.15) is 38.2 Å². The van der Waals surface area contributed by atoms with Gasteiger partial charge < -0.3 is 15.4 Å². The van der Waals surface area contributed by atoms with Crippen LogP contribution in [0.3, 0.4) is 0 Å². The Bertz CT molecular complexity index is 407. The van der Waals surface area contributed by atoms with Crippen molar-refractivity contribution in [2.24, 2.45) is 0 Å². The molecule has 0 saturated carbocycles. The Balaban J connectivity index is 2.33. The smallest absolute Gasteiger partial charge is 0.220 e. The van der Waals surface area contributed by atoms with E-state index in [1.54, 1.807) is 7.11 Å². The number of carbonyl (C=O) groups is 1. The lowest BCUT2D eigenvalue weighted by molar-refractivity contribution is -0.121. The van der Waals surface area contributed by atoms with Crippen LogP contribution in [0.4, 0.5) is 0 Å². The Kier molecular flexibility index (Phi) is 7.73. The Morgan fingerprint density at radius 1 is 1.30 bits per heavy atom. The zero-order valence-electron chi connectivity index (χ0n) is 12.7. The molecule has 1 rings (SSSR count). The molecule has 0 bridgehead atoms. The topological polar surface area (TPSA) is 50.4 Å². The summed E-state index contributed by atoms with van der Waals surface area (Å²) in [7, 11) is 1.65. The van der Waals surface area contributed by atoms with E-state index in [4.69, 9.17) is 4.74 Å². The molecule has 1 atom stereocenters. The summed E-state index contributed by atoms with van der Waals surface area (Å²) < 4.78 is 5.20. The average Bonchev–Trinajstić information content (AvgIpc) is 2.47. The number of amides is 1. The van der Waals surface area contributed by atoms with E-state index in [1.807, 2.05) is 24.3 Å². The van der Waals surface area contributed by atoms with E-state index in [1.165, 1.54) is 0 Å². The number of rotatable bonds is 9. The fourth-order valence-electron chi connectivity index (χ4n) is 2.01. The maximum atomic E-state index is 11.8. The molecule has 1 aromatic rings. The number of benzene rings is 1. The van der Waals surface area contributed by atoms with Crippen LogP contribution in [0.15, 0.2) is 24.3 Å². The van der Waals surface area contributed by atoms with Crippen molar-refractivity contribution in [3.63, 3.8) is 0 Å². The molecular formula is C16H26N2O2. The molecule has 0 radical (unpaired) electrons. The van der Waals surface area contributed by atoms with Crippen molar-refractivity contribution < 1.29 is 9.53 Å². The van der Waals surface area contributed by atoms with Gasteiger partial charge >= 0.3 is 0 Å². The minimum Gasteiger partial charge on any atom is -0.497 e. The first-order valence-corrected chi connectivity index (χ1v) is 7.28. The maximum absolute atomic E-state index is 11.8. The second-order valence-electron chi connectivity index (χ2n) is 4.98. The quantitative estimate of drug-likeness (QED) is 0.682. The molecular weight excluding hydrogens is 252 g/mol. The van der Waals surface area contributed by atoms with Crippen molar-refractivity contribution in [2.45, 2.75) is 32.6 Å². The summed E-state index contributed by atoms with van der Waals surface area (Å²) in [5, 5.41) is 6.20. The predicted molar refractivity (Wildman–Crippen MR) is 82.2 cm³/mol. The van der Waals surface area contributed by atoms with Crippen LogP contribution in [0.25, 0.3) is 0 Å². The van der Waals surface area contributed by atoms with Gasteiger partial charge in [-0.25, -0.2) is 0 Å². The third-order valence-corrected chi connectivity index (χ3v) is 3.21. The van der Waals surface area contributed by atoms with Crippen molar-refractivity contribution in [2.75, 3.05) is 26.7 Å². The normalized spacial score (nSPS) is 11.9. The minimum absolute atomic E-state index is 0.0959. The molecule has 1 aromatic carbocycles. The lowest BCUT2D eigenvalue weighted by atomic mass is 9.97. The third kappa shape index (κ3) is 6.06. The van der Waals surface area contributed by atoms with E-state index in [-0.39, 0.29) is 11.8 Å². The molecule has 0 aromatic heterocycles. The number of ether oxygens (including phenoxy) is 1. The van der Waals surface area contributed by atoms with Crippen LogP contribution in [-0.2, 0) is 4.79 Å². The summed E-state index contributed by atoms with van der Waals surface area (Å²) in [6, 6.07) is 7.89. The van der Waals surface area contributed by atoms with E-state index in [0.717, 1.165) is 30.8 Å². The fourth-order valence-corrected chi connectivity index (χ4v) is 2.01. The first-order chi connectivity index (χ1) is 9.67. The van der Waals surface area contributed by atoms with E-state index in [9.17, 15) is 4.79 Å². The Morgan fingerprint density at radius 2 is 2.10 bits per heavy atom. The van der Waals surface area contributed by atoms with Gasteiger partial charge in [0.05, 0.1) is 7.11 Å². The molecule has 1 amide bonds. The standard InChI is InChI=1S/C16H26N2O2/c1-4-8-17-9-10-18-16(19)11-13(2)14-6-5-7-15(12-14)20-3/h5-7,12-13,17H,4,8-11H2,1-3H3,(H,18,19). The molecule has 0 fully saturated rings. The summed E-state index contributed by atoms with van der Waals surface area (Å²) in [4.78, 5) is 11.8. The molecule has 0 spiro atoms. The summed E-state index contributed by atoms with van der Waals surface area (Å²) in [6.07, 6.45) is 1.61. The monoisotopic (exact) mass is 278 g/mol. The number of methoxy groups -OCH3 is 1. The number of carbonyl (C=O) groups excluding carboxylic acids is 1. The van der Waals surface area contributed by atoms with E-state index >= 15 is 0 Å². The molecule has 0 aliphatic carbocycles. The maximum Gasteiger partial charge on any atom is 0.220 e. The van der Waals surface area contributed by atoms with Crippen LogP contribution in [0.5, 0.6) is 5.75 Å². The molecule has 0 saturated heterocycles. The number of hydrogen-bond acceptors (Lipinski definition) is 3. The molecule has 4 nitrogen and oxygen atoms in total. The van der Waals surface area contributed by atoms with Crippen LogP contribution in [-0.4, -0.2) is 32.7 Å². The van der Waals surface area contributed by atoms with Gasteiger partial charge in [0.1, 0.15) is 5.75 Å². The molecule has 112 valence electrons. The molecule has 20 heavy (non-hydrogen) atoms. The van der Waals surface area contributed by atoms with Crippen LogP contribution in [0.2, 0.25) is 0 Å². The summed E-state index contributed by atoms with van der Waals surface area (Å²) in [5.74, 6) is 1.12. The van der Waals surface area contributed by atoms with E-state index < -0.39 is 0 Å². The van der Waals surface area contributed by atoms with E-state index in [0.29, 0.717) is 13.0 Å². The van der Waals surface area contributed by atoms with Gasteiger partial charge in [-0.2, -0.15) is 0 Å². The van der Waals surface area contributed by atoms with Gasteiger partial charge in [-0.05, 0) is 36.6 Å². The molecule has 0 heterocycles. The van der Waals surface area contributed by atoms with Crippen molar-refractivity contribution in [3.8, 4) is 5.75 Å². The highest BCUT2D eigenvalue weighted by Gasteiger charge is 2.11. The van der Waals surface area contributed by atoms with Gasteiger partial charge in [0.2, 0.25) is 5.91 Å². The van der Waals surface area contributed by atoms with Crippen LogP contribution >= 0.6 is 0 Å². The molecule has 0 aliphatic rings. The summed E-state index contributed by atoms with van der Waals surface area (Å²) in [6.45, 7) is 6.69. The highest BCUT2D eigenvalue weighted by atomic mass is 16.5. The van der Waals surface area contributed by atoms with Crippen molar-refractivity contribution >= 4 is 5.91 Å². The second kappa shape index (κ2) is 9.37. The fraction of sp³-hybridized carbons (Fsp3) is 0.562. The van der Waals surface area contributed by atoms with Gasteiger partial charge in [-0.3, -0.25) is 4.79 Å². The van der Waals surface area contributed by atoms with Gasteiger partial charge in [-0.1, -0.05) is 26.0 Å². The number of hydrogen-bond donors (Lipinski definition) is 2. The van der Waals surface area contributed by atoms with Crippen LogP contribution < -0.4 is 15.4 Å². The Labute approximate surface area is 121 Å². The average molecular weight is 278 g/mol. The molecule has 2 N–H and O–H groups in total. The molecule has 0 aliphatic heterocycles. The van der Waals surface area contributed by atoms with Crippen molar-refractivity contribution in [1.29, 1.82) is 0 Å². The zero-order valence-corrected chi connectivity index (χ0v) is 12.7. The van der Waals surface area contributed by atoms with Gasteiger partial charge in [0.15, 0.2) is 0 Å². The molecule has 1 unspecified atom stereocenters. The highest BCUT2D eigenvalue weighted by molar-refractivity contribution is 5.76. The molecule has 4 heteroatoms. The van der Waals surface area contributed by atoms with Gasteiger partial charge in [0, 0.05) is 19.5 Å². The van der Waals surface area contributed by atoms with Crippen LogP contribution in [0, 0.1) is 0 Å². The predicted octanol–water partition coefficient (Wildman–Crippen LogP) is 2.30. The first-order valence-electron chi connectivity index (χ1n) is 7.28. The first kappa shape index (κ1) is 16.5. The lowest BCUT2D eigenvalue weighted by Crippen LogP contribution is -2.32. The summed E-state index contributed by atoms with van der Waals surface area (Å²) >= 11 is 0. The SMILES string of the molecule is CCCNCCNC(=O)CC(C)c1cccc(OC)c1. The van der Waals surface area contributed by atoms with Gasteiger partial charge in [-0.15, -0.1) is 0 Å². The largest absolute Gasteiger partial charge is 0.497 e. The van der Waals surface area contributed by atoms with Gasteiger partial charge in [0.25, 0.3) is 0 Å². The Morgan fingerprint density at radius 3 is 2.80 bits per heavy atom. The van der Waals surface area contributed by atoms with Crippen molar-refractivity contribution in [3.05, 3.63) is 29.8 Å². The Hall–Kier alpha value is -1.55. The highest BCUT2D eigenvalue weighted by Crippen LogP contribution is 2.22. The lowest BCUT2D eigenvalue weighted by Gasteiger charge is -2.13. The summed E-state index contributed by atoms with van der Waals surface area (Å²) in [5.41, 5.74) is 1.13. The van der Waals surface area contributed by atoms with E-state index in [2.05, 4.69) is 24.5 Å². The van der Waals surface area contributed by atoms with Crippen molar-refractivity contribution in [1.82, 2.24) is 10.6 Å². The zero-order chi connectivity index (χ0) is 14.8. The third-order valence-electron chi connectivity index (χ3n) is 3.21.